The van der Waals surface area contributed by atoms with E-state index in [1.165, 1.54) is 5.56 Å². The first-order valence-electron chi connectivity index (χ1n) is 4.62. The summed E-state index contributed by atoms with van der Waals surface area (Å²) >= 11 is 1.73. The van der Waals surface area contributed by atoms with Crippen molar-refractivity contribution in [2.24, 2.45) is 5.41 Å². The van der Waals surface area contributed by atoms with Crippen LogP contribution in [0.4, 0.5) is 0 Å². The normalized spacial score (nSPS) is 19.5. The molecule has 1 aromatic heterocycles. The summed E-state index contributed by atoms with van der Waals surface area (Å²) in [5, 5.41) is 13.7. The largest absolute Gasteiger partial charge is 0.396 e. The van der Waals surface area contributed by atoms with Gasteiger partial charge >= 0.3 is 0 Å². The van der Waals surface area contributed by atoms with Crippen LogP contribution in [0.2, 0.25) is 0 Å². The molecule has 0 saturated carbocycles. The number of thiophene rings is 1. The number of hydrogen-bond donors (Lipinski definition) is 1. The van der Waals surface area contributed by atoms with Crippen LogP contribution in [0.5, 0.6) is 0 Å². The molecule has 0 spiro atoms. The van der Waals surface area contributed by atoms with Crippen LogP contribution in [0.1, 0.15) is 18.4 Å². The highest BCUT2D eigenvalue weighted by molar-refractivity contribution is 7.07. The van der Waals surface area contributed by atoms with E-state index in [4.69, 9.17) is 0 Å². The average molecular weight is 194 g/mol. The maximum Gasteiger partial charge on any atom is 0.0496 e. The van der Waals surface area contributed by atoms with E-state index in [1.807, 2.05) is 0 Å². The third-order valence-corrected chi connectivity index (χ3v) is 3.50. The molecule has 1 N–H and O–H groups in total. The fourth-order valence-electron chi connectivity index (χ4n) is 1.91. The Hall–Kier alpha value is -0.600. The van der Waals surface area contributed by atoms with Gasteiger partial charge in [0.05, 0.1) is 0 Å². The second kappa shape index (κ2) is 3.64. The quantitative estimate of drug-likeness (QED) is 0.733. The molecule has 2 heteroatoms. The van der Waals surface area contributed by atoms with E-state index in [2.05, 4.69) is 29.0 Å². The molecule has 0 radical (unpaired) electrons. The van der Waals surface area contributed by atoms with Gasteiger partial charge in [-0.3, -0.25) is 0 Å². The number of allylic oxidation sites excluding steroid dienone is 2. The van der Waals surface area contributed by atoms with Gasteiger partial charge in [-0.05, 0) is 41.7 Å². The van der Waals surface area contributed by atoms with Crippen molar-refractivity contribution in [3.05, 3.63) is 34.5 Å². The van der Waals surface area contributed by atoms with E-state index in [0.717, 1.165) is 19.3 Å². The zero-order valence-corrected chi connectivity index (χ0v) is 8.39. The third kappa shape index (κ3) is 1.84. The van der Waals surface area contributed by atoms with E-state index in [0.29, 0.717) is 6.61 Å². The summed E-state index contributed by atoms with van der Waals surface area (Å²) in [5.74, 6) is 0. The maximum atomic E-state index is 9.38. The summed E-state index contributed by atoms with van der Waals surface area (Å²) in [5.41, 5.74) is 1.48. The Morgan fingerprint density at radius 1 is 1.38 bits per heavy atom. The summed E-state index contributed by atoms with van der Waals surface area (Å²) in [4.78, 5) is 0. The van der Waals surface area contributed by atoms with E-state index >= 15 is 0 Å². The van der Waals surface area contributed by atoms with Gasteiger partial charge in [0.2, 0.25) is 0 Å². The van der Waals surface area contributed by atoms with Gasteiger partial charge in [-0.15, -0.1) is 0 Å². The first-order chi connectivity index (χ1) is 6.35. The first kappa shape index (κ1) is 8.97. The third-order valence-electron chi connectivity index (χ3n) is 2.76. The zero-order valence-electron chi connectivity index (χ0n) is 7.57. The van der Waals surface area contributed by atoms with E-state index in [9.17, 15) is 5.11 Å². The smallest absolute Gasteiger partial charge is 0.0496 e. The monoisotopic (exact) mass is 194 g/mol. The number of hydrogen-bond acceptors (Lipinski definition) is 2. The van der Waals surface area contributed by atoms with Crippen LogP contribution in [0.3, 0.4) is 0 Å². The molecule has 1 nitrogen and oxygen atoms in total. The zero-order chi connectivity index (χ0) is 9.15. The molecule has 0 amide bonds. The minimum absolute atomic E-state index is 0.112. The van der Waals surface area contributed by atoms with Gasteiger partial charge < -0.3 is 5.11 Å². The fraction of sp³-hybridized carbons (Fsp3) is 0.455. The molecule has 0 aliphatic heterocycles. The van der Waals surface area contributed by atoms with Crippen molar-refractivity contribution >= 4 is 11.3 Å². The maximum absolute atomic E-state index is 9.38. The highest BCUT2D eigenvalue weighted by Crippen LogP contribution is 2.36. The molecule has 0 unspecified atom stereocenters. The van der Waals surface area contributed by atoms with Crippen molar-refractivity contribution in [1.82, 2.24) is 0 Å². The Labute approximate surface area is 82.7 Å². The van der Waals surface area contributed by atoms with Crippen molar-refractivity contribution in [1.29, 1.82) is 0 Å². The molecule has 0 fully saturated rings. The second-order valence-electron chi connectivity index (χ2n) is 3.85. The van der Waals surface area contributed by atoms with E-state index in [1.54, 1.807) is 11.3 Å². The number of aliphatic hydroxyl groups excluding tert-OH is 1. The molecule has 0 bridgehead atoms. The Balaban J connectivity index is 2.07. The Bertz CT molecular complexity index is 279. The van der Waals surface area contributed by atoms with Gasteiger partial charge in [0, 0.05) is 12.0 Å². The molecule has 1 aliphatic rings. The molecular formula is C11H14OS. The fourth-order valence-corrected chi connectivity index (χ4v) is 2.57. The Morgan fingerprint density at radius 2 is 2.15 bits per heavy atom. The van der Waals surface area contributed by atoms with Crippen LogP contribution < -0.4 is 0 Å². The van der Waals surface area contributed by atoms with E-state index < -0.39 is 0 Å². The summed E-state index contributed by atoms with van der Waals surface area (Å²) in [6.45, 7) is 0.301. The molecule has 0 saturated heterocycles. The highest BCUT2D eigenvalue weighted by atomic mass is 32.1. The molecule has 0 atom stereocenters. The van der Waals surface area contributed by atoms with Crippen LogP contribution in [0, 0.1) is 5.41 Å². The molecule has 1 aliphatic carbocycles. The molecule has 2 rings (SSSR count). The second-order valence-corrected chi connectivity index (χ2v) is 4.63. The molecule has 70 valence electrons. The van der Waals surface area contributed by atoms with Crippen LogP contribution in [-0.4, -0.2) is 11.7 Å². The highest BCUT2D eigenvalue weighted by Gasteiger charge is 2.30. The van der Waals surface area contributed by atoms with Crippen LogP contribution >= 0.6 is 11.3 Å². The van der Waals surface area contributed by atoms with Gasteiger partial charge in [-0.2, -0.15) is 11.3 Å². The lowest BCUT2D eigenvalue weighted by Gasteiger charge is -2.25. The van der Waals surface area contributed by atoms with E-state index in [-0.39, 0.29) is 5.41 Å². The molecule has 13 heavy (non-hydrogen) atoms. The topological polar surface area (TPSA) is 20.2 Å². The van der Waals surface area contributed by atoms with Crippen LogP contribution in [0.15, 0.2) is 29.0 Å². The molecular weight excluding hydrogens is 180 g/mol. The van der Waals surface area contributed by atoms with Crippen LogP contribution in [-0.2, 0) is 6.42 Å². The van der Waals surface area contributed by atoms with Crippen molar-refractivity contribution in [2.75, 3.05) is 6.61 Å². The lowest BCUT2D eigenvalue weighted by molar-refractivity contribution is 0.136. The minimum atomic E-state index is 0.112. The van der Waals surface area contributed by atoms with Gasteiger partial charge in [0.25, 0.3) is 0 Å². The summed E-state index contributed by atoms with van der Waals surface area (Å²) in [7, 11) is 0. The predicted octanol–water partition coefficient (Wildman–Crippen LogP) is 2.62. The number of aliphatic hydroxyl groups is 1. The van der Waals surface area contributed by atoms with Crippen molar-refractivity contribution < 1.29 is 5.11 Å². The predicted molar refractivity (Wildman–Crippen MR) is 55.9 cm³/mol. The molecule has 1 heterocycles. The van der Waals surface area contributed by atoms with Crippen molar-refractivity contribution in [3.63, 3.8) is 0 Å². The van der Waals surface area contributed by atoms with Gasteiger partial charge in [-0.25, -0.2) is 0 Å². The van der Waals surface area contributed by atoms with Gasteiger partial charge in [0.1, 0.15) is 0 Å². The van der Waals surface area contributed by atoms with Crippen molar-refractivity contribution in [2.45, 2.75) is 19.3 Å². The van der Waals surface area contributed by atoms with Crippen LogP contribution in [0.25, 0.3) is 0 Å². The first-order valence-corrected chi connectivity index (χ1v) is 5.56. The molecule has 0 aromatic carbocycles. The van der Waals surface area contributed by atoms with Gasteiger partial charge in [-0.1, -0.05) is 12.2 Å². The summed E-state index contributed by atoms with van der Waals surface area (Å²) in [6.07, 6.45) is 7.43. The summed E-state index contributed by atoms with van der Waals surface area (Å²) < 4.78 is 0. The summed E-state index contributed by atoms with van der Waals surface area (Å²) in [6, 6.07) is 2.15. The Kier molecular flexibility index (Phi) is 2.51. The lowest BCUT2D eigenvalue weighted by Crippen LogP contribution is -2.24. The standard InChI is InChI=1S/C11H14OS/c12-9-11(4-1-2-5-11)7-10-3-6-13-8-10/h1-3,6,8,12H,4-5,7,9H2. The van der Waals surface area contributed by atoms with Gasteiger partial charge in [0.15, 0.2) is 0 Å². The lowest BCUT2D eigenvalue weighted by atomic mass is 9.81. The van der Waals surface area contributed by atoms with Crippen molar-refractivity contribution in [3.8, 4) is 0 Å². The minimum Gasteiger partial charge on any atom is -0.396 e. The average Bonchev–Trinajstić information content (AvgIpc) is 2.77. The number of rotatable bonds is 3. The molecule has 1 aromatic rings. The Morgan fingerprint density at radius 3 is 2.69 bits per heavy atom. The SMILES string of the molecule is OCC1(Cc2ccsc2)CC=CC1.